The van der Waals surface area contributed by atoms with E-state index in [1.54, 1.807) is 0 Å². The van der Waals surface area contributed by atoms with Gasteiger partial charge in [0.25, 0.3) is 0 Å². The quantitative estimate of drug-likeness (QED) is 0.806. The lowest BCUT2D eigenvalue weighted by Crippen LogP contribution is -2.24. The van der Waals surface area contributed by atoms with E-state index in [4.69, 9.17) is 14.2 Å². The molecule has 0 N–H and O–H groups in total. The molecule has 2 aromatic carbocycles. The third kappa shape index (κ3) is 3.01. The van der Waals surface area contributed by atoms with Crippen molar-refractivity contribution in [2.45, 2.75) is 18.6 Å². The van der Waals surface area contributed by atoms with Gasteiger partial charge in [-0.05, 0) is 42.8 Å². The number of para-hydroxylation sites is 2. The summed E-state index contributed by atoms with van der Waals surface area (Å²) >= 11 is 0. The van der Waals surface area contributed by atoms with Crippen LogP contribution < -0.4 is 4.74 Å². The first-order valence-electron chi connectivity index (χ1n) is 7.89. The van der Waals surface area contributed by atoms with Crippen molar-refractivity contribution >= 4 is 6.08 Å². The van der Waals surface area contributed by atoms with Crippen LogP contribution in [0.25, 0.3) is 6.08 Å². The molecule has 1 atom stereocenters. The summed E-state index contributed by atoms with van der Waals surface area (Å²) < 4.78 is 17.7. The highest BCUT2D eigenvalue weighted by Crippen LogP contribution is 2.37. The zero-order valence-electron chi connectivity index (χ0n) is 12.8. The lowest BCUT2D eigenvalue weighted by Gasteiger charge is -2.20. The SMILES string of the molecule is C1=CC2(CCCO2)O/C1=C/c1ccccc1Oc1ccccc1. The Labute approximate surface area is 135 Å². The first-order valence-corrected chi connectivity index (χ1v) is 7.89. The van der Waals surface area contributed by atoms with Crippen LogP contribution in [0.15, 0.2) is 72.5 Å². The second kappa shape index (κ2) is 5.94. The van der Waals surface area contributed by atoms with Crippen molar-refractivity contribution in [3.63, 3.8) is 0 Å². The monoisotopic (exact) mass is 306 g/mol. The van der Waals surface area contributed by atoms with Crippen LogP contribution in [0.4, 0.5) is 0 Å². The first kappa shape index (κ1) is 14.1. The van der Waals surface area contributed by atoms with Crippen LogP contribution in [0.3, 0.4) is 0 Å². The van der Waals surface area contributed by atoms with Crippen molar-refractivity contribution in [1.82, 2.24) is 0 Å². The second-order valence-electron chi connectivity index (χ2n) is 5.70. The number of hydrogen-bond acceptors (Lipinski definition) is 3. The highest BCUT2D eigenvalue weighted by atomic mass is 16.7. The van der Waals surface area contributed by atoms with Crippen molar-refractivity contribution in [3.05, 3.63) is 78.1 Å². The molecule has 0 aromatic heterocycles. The minimum atomic E-state index is -0.541. The lowest BCUT2D eigenvalue weighted by molar-refractivity contribution is -0.135. The van der Waals surface area contributed by atoms with E-state index >= 15 is 0 Å². The molecule has 2 heterocycles. The summed E-state index contributed by atoms with van der Waals surface area (Å²) in [6.45, 7) is 0.755. The van der Waals surface area contributed by atoms with E-state index in [1.807, 2.05) is 72.8 Å². The molecule has 2 aromatic rings. The fourth-order valence-corrected chi connectivity index (χ4v) is 2.86. The topological polar surface area (TPSA) is 27.7 Å². The number of benzene rings is 2. The summed E-state index contributed by atoms with van der Waals surface area (Å²) in [5.41, 5.74) is 0.978. The molecule has 23 heavy (non-hydrogen) atoms. The predicted molar refractivity (Wildman–Crippen MR) is 89.1 cm³/mol. The van der Waals surface area contributed by atoms with Gasteiger partial charge in [-0.15, -0.1) is 0 Å². The zero-order chi connectivity index (χ0) is 15.5. The van der Waals surface area contributed by atoms with E-state index in [0.29, 0.717) is 0 Å². The third-order valence-electron chi connectivity index (χ3n) is 4.00. The summed E-state index contributed by atoms with van der Waals surface area (Å²) in [5.74, 6) is 1.88. The van der Waals surface area contributed by atoms with E-state index < -0.39 is 5.79 Å². The smallest absolute Gasteiger partial charge is 0.230 e. The summed E-state index contributed by atoms with van der Waals surface area (Å²) in [6.07, 6.45) is 7.91. The fourth-order valence-electron chi connectivity index (χ4n) is 2.86. The molecule has 3 heteroatoms. The maximum absolute atomic E-state index is 5.99. The third-order valence-corrected chi connectivity index (χ3v) is 4.00. The van der Waals surface area contributed by atoms with Crippen LogP contribution >= 0.6 is 0 Å². The highest BCUT2D eigenvalue weighted by Gasteiger charge is 2.38. The Morgan fingerprint density at radius 1 is 1.00 bits per heavy atom. The van der Waals surface area contributed by atoms with Gasteiger partial charge in [-0.25, -0.2) is 0 Å². The van der Waals surface area contributed by atoms with Gasteiger partial charge in [-0.2, -0.15) is 0 Å². The van der Waals surface area contributed by atoms with Gasteiger partial charge >= 0.3 is 0 Å². The lowest BCUT2D eigenvalue weighted by atomic mass is 10.1. The van der Waals surface area contributed by atoms with Crippen molar-refractivity contribution < 1.29 is 14.2 Å². The maximum Gasteiger partial charge on any atom is 0.230 e. The Hall–Kier alpha value is -2.52. The van der Waals surface area contributed by atoms with Gasteiger partial charge in [-0.1, -0.05) is 36.4 Å². The number of rotatable bonds is 3. The van der Waals surface area contributed by atoms with Crippen LogP contribution in [0, 0.1) is 0 Å². The molecule has 1 saturated heterocycles. The summed E-state index contributed by atoms with van der Waals surface area (Å²) in [4.78, 5) is 0. The molecule has 2 aliphatic heterocycles. The number of allylic oxidation sites excluding steroid dienone is 1. The van der Waals surface area contributed by atoms with Crippen LogP contribution in [0.1, 0.15) is 18.4 Å². The Morgan fingerprint density at radius 2 is 1.83 bits per heavy atom. The highest BCUT2D eigenvalue weighted by molar-refractivity contribution is 5.62. The largest absolute Gasteiger partial charge is 0.459 e. The molecular weight excluding hydrogens is 288 g/mol. The van der Waals surface area contributed by atoms with E-state index in [2.05, 4.69) is 0 Å². The summed E-state index contributed by atoms with van der Waals surface area (Å²) in [6, 6.07) is 17.7. The number of hydrogen-bond donors (Lipinski definition) is 0. The van der Waals surface area contributed by atoms with Crippen molar-refractivity contribution in [1.29, 1.82) is 0 Å². The summed E-state index contributed by atoms with van der Waals surface area (Å²) in [5, 5.41) is 0. The van der Waals surface area contributed by atoms with E-state index in [9.17, 15) is 0 Å². The van der Waals surface area contributed by atoms with Crippen molar-refractivity contribution in [3.8, 4) is 11.5 Å². The van der Waals surface area contributed by atoms with Gasteiger partial charge in [0.15, 0.2) is 0 Å². The van der Waals surface area contributed by atoms with E-state index in [1.165, 1.54) is 0 Å². The Kier molecular flexibility index (Phi) is 3.64. The predicted octanol–water partition coefficient (Wildman–Crippen LogP) is 4.91. The molecule has 1 fully saturated rings. The van der Waals surface area contributed by atoms with Gasteiger partial charge in [-0.3, -0.25) is 0 Å². The molecule has 116 valence electrons. The van der Waals surface area contributed by atoms with Gasteiger partial charge in [0.05, 0.1) is 6.61 Å². The van der Waals surface area contributed by atoms with Gasteiger partial charge in [0, 0.05) is 12.0 Å². The average molecular weight is 306 g/mol. The molecule has 4 rings (SSSR count). The van der Waals surface area contributed by atoms with Crippen LogP contribution in [-0.2, 0) is 9.47 Å². The fraction of sp³-hybridized carbons (Fsp3) is 0.200. The Balaban J connectivity index is 1.58. The molecule has 0 amide bonds. The standard InChI is InChI=1S/C20H18O3/c1-2-8-17(9-3-1)22-19-10-5-4-7-16(19)15-18-11-13-20(23-18)12-6-14-21-20/h1-5,7-11,13,15H,6,12,14H2/b18-15+. The molecule has 1 unspecified atom stereocenters. The molecule has 3 nitrogen and oxygen atoms in total. The van der Waals surface area contributed by atoms with Gasteiger partial charge < -0.3 is 14.2 Å². The minimum Gasteiger partial charge on any atom is -0.459 e. The molecular formula is C20H18O3. The van der Waals surface area contributed by atoms with E-state index in [-0.39, 0.29) is 0 Å². The minimum absolute atomic E-state index is 0.541. The van der Waals surface area contributed by atoms with Crippen molar-refractivity contribution in [2.75, 3.05) is 6.61 Å². The molecule has 0 bridgehead atoms. The van der Waals surface area contributed by atoms with Crippen LogP contribution in [0.2, 0.25) is 0 Å². The average Bonchev–Trinajstić information content (AvgIpc) is 3.21. The van der Waals surface area contributed by atoms with Crippen LogP contribution in [0.5, 0.6) is 11.5 Å². The van der Waals surface area contributed by atoms with E-state index in [0.717, 1.165) is 42.3 Å². The molecule has 0 aliphatic carbocycles. The number of ether oxygens (including phenoxy) is 3. The first-order chi connectivity index (χ1) is 11.3. The van der Waals surface area contributed by atoms with Gasteiger partial charge in [0.2, 0.25) is 5.79 Å². The van der Waals surface area contributed by atoms with Crippen LogP contribution in [-0.4, -0.2) is 12.4 Å². The molecule has 1 spiro atoms. The second-order valence-corrected chi connectivity index (χ2v) is 5.70. The molecule has 0 saturated carbocycles. The Morgan fingerprint density at radius 3 is 2.65 bits per heavy atom. The molecule has 0 radical (unpaired) electrons. The zero-order valence-corrected chi connectivity index (χ0v) is 12.8. The molecule has 2 aliphatic rings. The van der Waals surface area contributed by atoms with Crippen molar-refractivity contribution in [2.24, 2.45) is 0 Å². The summed E-state index contributed by atoms with van der Waals surface area (Å²) in [7, 11) is 0. The normalized spacial score (nSPS) is 24.3. The Bertz CT molecular complexity index is 740. The maximum atomic E-state index is 5.99. The van der Waals surface area contributed by atoms with Gasteiger partial charge in [0.1, 0.15) is 17.3 Å².